The summed E-state index contributed by atoms with van der Waals surface area (Å²) < 4.78 is 0. The molecule has 7 nitrogen and oxygen atoms in total. The van der Waals surface area contributed by atoms with Gasteiger partial charge in [-0.05, 0) is 43.6 Å². The number of aryl methyl sites for hydroxylation is 1. The molecule has 1 aliphatic heterocycles. The number of fused-ring (bicyclic) bond motifs is 1. The van der Waals surface area contributed by atoms with E-state index in [2.05, 4.69) is 28.1 Å². The average Bonchev–Trinajstić information content (AvgIpc) is 3.04. The van der Waals surface area contributed by atoms with Crippen molar-refractivity contribution in [3.05, 3.63) is 35.9 Å². The number of nitrogens with one attached hydrogen (secondary N) is 3. The van der Waals surface area contributed by atoms with Crippen molar-refractivity contribution in [3.8, 4) is 0 Å². The highest BCUT2D eigenvalue weighted by molar-refractivity contribution is 5.85. The number of nitrogens with zero attached hydrogens (tertiary/aromatic N) is 1. The van der Waals surface area contributed by atoms with Gasteiger partial charge >= 0.3 is 6.03 Å². The van der Waals surface area contributed by atoms with E-state index in [4.69, 9.17) is 0 Å². The average molecular weight is 401 g/mol. The molecule has 1 aromatic rings. The smallest absolute Gasteiger partial charge is 0.317 e. The Morgan fingerprint density at radius 3 is 2.69 bits per heavy atom. The van der Waals surface area contributed by atoms with E-state index < -0.39 is 0 Å². The second-order valence-electron chi connectivity index (χ2n) is 8.10. The van der Waals surface area contributed by atoms with E-state index in [9.17, 15) is 14.4 Å². The summed E-state index contributed by atoms with van der Waals surface area (Å²) in [5, 5.41) is 8.90. The first kappa shape index (κ1) is 21.1. The van der Waals surface area contributed by atoms with E-state index in [0.717, 1.165) is 19.3 Å². The number of amides is 4. The van der Waals surface area contributed by atoms with Crippen LogP contribution in [0.2, 0.25) is 0 Å². The van der Waals surface area contributed by atoms with Gasteiger partial charge in [-0.25, -0.2) is 4.79 Å². The van der Waals surface area contributed by atoms with Gasteiger partial charge < -0.3 is 20.9 Å². The third kappa shape index (κ3) is 5.95. The van der Waals surface area contributed by atoms with Crippen molar-refractivity contribution in [2.45, 2.75) is 45.1 Å². The van der Waals surface area contributed by atoms with Crippen molar-refractivity contribution in [3.63, 3.8) is 0 Å². The maximum absolute atomic E-state index is 12.6. The molecule has 0 radical (unpaired) electrons. The number of urea groups is 1. The number of carbonyl (C=O) groups excluding carboxylic acids is 3. The van der Waals surface area contributed by atoms with Crippen LogP contribution >= 0.6 is 0 Å². The van der Waals surface area contributed by atoms with Crippen LogP contribution in [0.3, 0.4) is 0 Å². The fourth-order valence-corrected chi connectivity index (χ4v) is 4.28. The van der Waals surface area contributed by atoms with Crippen molar-refractivity contribution >= 4 is 17.8 Å². The van der Waals surface area contributed by atoms with E-state index >= 15 is 0 Å². The van der Waals surface area contributed by atoms with Crippen molar-refractivity contribution < 1.29 is 14.4 Å². The minimum absolute atomic E-state index is 0.0356. The first-order valence-corrected chi connectivity index (χ1v) is 10.7. The van der Waals surface area contributed by atoms with Gasteiger partial charge in [0.15, 0.2) is 0 Å². The molecule has 7 heteroatoms. The lowest BCUT2D eigenvalue weighted by Gasteiger charge is -2.23. The van der Waals surface area contributed by atoms with Crippen LogP contribution in [-0.4, -0.2) is 55.0 Å². The van der Waals surface area contributed by atoms with Crippen LogP contribution in [0.1, 0.15) is 38.2 Å². The summed E-state index contributed by atoms with van der Waals surface area (Å²) in [6, 6.07) is 10.0. The summed E-state index contributed by atoms with van der Waals surface area (Å²) in [6.07, 6.45) is 4.04. The SMILES string of the molecule is CCCNC(=O)N1CC(=O)N[C@@H]2C[C@@H](C(=O)NCCCc3ccccc3)C[C@@H]2C1. The number of benzene rings is 1. The lowest BCUT2D eigenvalue weighted by Crippen LogP contribution is -2.44. The van der Waals surface area contributed by atoms with Gasteiger partial charge in [0, 0.05) is 31.6 Å². The van der Waals surface area contributed by atoms with E-state index in [1.165, 1.54) is 5.56 Å². The molecule has 1 saturated heterocycles. The molecule has 1 saturated carbocycles. The Morgan fingerprint density at radius 2 is 1.93 bits per heavy atom. The van der Waals surface area contributed by atoms with Crippen molar-refractivity contribution in [1.29, 1.82) is 0 Å². The molecular formula is C22H32N4O3. The minimum Gasteiger partial charge on any atom is -0.356 e. The van der Waals surface area contributed by atoms with Gasteiger partial charge in [-0.15, -0.1) is 0 Å². The molecular weight excluding hydrogens is 368 g/mol. The molecule has 1 heterocycles. The lowest BCUT2D eigenvalue weighted by molar-refractivity contribution is -0.125. The maximum Gasteiger partial charge on any atom is 0.317 e. The zero-order valence-corrected chi connectivity index (χ0v) is 17.2. The molecule has 29 heavy (non-hydrogen) atoms. The quantitative estimate of drug-likeness (QED) is 0.608. The molecule has 3 N–H and O–H groups in total. The van der Waals surface area contributed by atoms with Crippen LogP contribution < -0.4 is 16.0 Å². The number of carbonyl (C=O) groups is 3. The van der Waals surface area contributed by atoms with Crippen LogP contribution in [0.5, 0.6) is 0 Å². The largest absolute Gasteiger partial charge is 0.356 e. The Hall–Kier alpha value is -2.57. The third-order valence-corrected chi connectivity index (χ3v) is 5.80. The molecule has 0 aromatic heterocycles. The van der Waals surface area contributed by atoms with Crippen LogP contribution in [0.15, 0.2) is 30.3 Å². The summed E-state index contributed by atoms with van der Waals surface area (Å²) in [6.45, 7) is 3.83. The third-order valence-electron chi connectivity index (χ3n) is 5.80. The van der Waals surface area contributed by atoms with Crippen molar-refractivity contribution in [2.24, 2.45) is 11.8 Å². The molecule has 1 aliphatic carbocycles. The molecule has 3 atom stereocenters. The fraction of sp³-hybridized carbons (Fsp3) is 0.591. The molecule has 4 amide bonds. The highest BCUT2D eigenvalue weighted by Gasteiger charge is 2.42. The normalized spacial score (nSPS) is 23.7. The zero-order valence-electron chi connectivity index (χ0n) is 17.2. The summed E-state index contributed by atoms with van der Waals surface area (Å²) in [4.78, 5) is 38.7. The summed E-state index contributed by atoms with van der Waals surface area (Å²) in [5.74, 6) is -0.0787. The van der Waals surface area contributed by atoms with Gasteiger partial charge in [0.2, 0.25) is 11.8 Å². The van der Waals surface area contributed by atoms with Gasteiger partial charge in [0.25, 0.3) is 0 Å². The van der Waals surface area contributed by atoms with Crippen LogP contribution in [0.4, 0.5) is 4.79 Å². The monoisotopic (exact) mass is 400 g/mol. The predicted octanol–water partition coefficient (Wildman–Crippen LogP) is 1.68. The van der Waals surface area contributed by atoms with E-state index in [1.807, 2.05) is 25.1 Å². The van der Waals surface area contributed by atoms with Crippen molar-refractivity contribution in [1.82, 2.24) is 20.9 Å². The van der Waals surface area contributed by atoms with Crippen molar-refractivity contribution in [2.75, 3.05) is 26.2 Å². The van der Waals surface area contributed by atoms with Gasteiger partial charge in [0.05, 0.1) is 0 Å². The van der Waals surface area contributed by atoms with E-state index in [-0.39, 0.29) is 42.3 Å². The Kier molecular flexibility index (Phi) is 7.49. The summed E-state index contributed by atoms with van der Waals surface area (Å²) in [5.41, 5.74) is 1.27. The maximum atomic E-state index is 12.6. The zero-order chi connectivity index (χ0) is 20.6. The van der Waals surface area contributed by atoms with Gasteiger partial charge in [-0.1, -0.05) is 37.3 Å². The molecule has 2 fully saturated rings. The second-order valence-corrected chi connectivity index (χ2v) is 8.10. The number of rotatable bonds is 7. The minimum atomic E-state index is -0.198. The molecule has 2 aliphatic rings. The molecule has 0 spiro atoms. The van der Waals surface area contributed by atoms with E-state index in [1.54, 1.807) is 4.90 Å². The number of hydrogen-bond acceptors (Lipinski definition) is 3. The Labute approximate surface area is 172 Å². The summed E-state index contributed by atoms with van der Waals surface area (Å²) in [7, 11) is 0. The Morgan fingerprint density at radius 1 is 1.14 bits per heavy atom. The predicted molar refractivity (Wildman–Crippen MR) is 111 cm³/mol. The lowest BCUT2D eigenvalue weighted by atomic mass is 10.0. The molecule has 0 unspecified atom stereocenters. The first-order valence-electron chi connectivity index (χ1n) is 10.7. The van der Waals surface area contributed by atoms with Gasteiger partial charge in [-0.3, -0.25) is 9.59 Å². The summed E-state index contributed by atoms with van der Waals surface area (Å²) >= 11 is 0. The molecule has 0 bridgehead atoms. The molecule has 1 aromatic carbocycles. The molecule has 3 rings (SSSR count). The van der Waals surface area contributed by atoms with Gasteiger partial charge in [0.1, 0.15) is 6.54 Å². The highest BCUT2D eigenvalue weighted by Crippen LogP contribution is 2.33. The van der Waals surface area contributed by atoms with E-state index in [0.29, 0.717) is 32.5 Å². The highest BCUT2D eigenvalue weighted by atomic mass is 16.2. The number of hydrogen-bond donors (Lipinski definition) is 3. The standard InChI is InChI=1S/C22H32N4O3/c1-2-10-24-22(29)26-14-18-12-17(13-19(18)25-20(27)15-26)21(28)23-11-6-9-16-7-4-3-5-8-16/h3-5,7-8,17-19H,2,6,9-15H2,1H3,(H,23,28)(H,24,29)(H,25,27)/t17-,18+,19+/m0/s1. The Bertz CT molecular complexity index is 709. The fourth-order valence-electron chi connectivity index (χ4n) is 4.28. The van der Waals surface area contributed by atoms with Crippen LogP contribution in [-0.2, 0) is 16.0 Å². The first-order chi connectivity index (χ1) is 14.1. The topological polar surface area (TPSA) is 90.5 Å². The second kappa shape index (κ2) is 10.3. The molecule has 158 valence electrons. The van der Waals surface area contributed by atoms with Gasteiger partial charge in [-0.2, -0.15) is 0 Å². The Balaban J connectivity index is 1.46. The van der Waals surface area contributed by atoms with Crippen LogP contribution in [0, 0.1) is 11.8 Å². The van der Waals surface area contributed by atoms with Crippen LogP contribution in [0.25, 0.3) is 0 Å².